The van der Waals surface area contributed by atoms with Crippen molar-refractivity contribution in [2.45, 2.75) is 58.6 Å². The number of ether oxygens (including phenoxy) is 1. The zero-order chi connectivity index (χ0) is 27.3. The summed E-state index contributed by atoms with van der Waals surface area (Å²) in [6.07, 6.45) is 1.37. The predicted octanol–water partition coefficient (Wildman–Crippen LogP) is -0.198. The molecule has 0 aromatic heterocycles. The first-order chi connectivity index (χ1) is 16.8. The number of amides is 3. The fourth-order valence-corrected chi connectivity index (χ4v) is 3.52. The highest BCUT2D eigenvalue weighted by atomic mass is 16.6. The molecule has 1 fully saturated rings. The highest BCUT2D eigenvalue weighted by molar-refractivity contribution is 5.86. The van der Waals surface area contributed by atoms with E-state index in [1.165, 1.54) is 0 Å². The van der Waals surface area contributed by atoms with Gasteiger partial charge in [-0.25, -0.2) is 9.59 Å². The van der Waals surface area contributed by atoms with Gasteiger partial charge in [0.1, 0.15) is 18.2 Å². The van der Waals surface area contributed by atoms with Gasteiger partial charge < -0.3 is 30.5 Å². The number of hydrogen-bond donors (Lipinski definition) is 4. The van der Waals surface area contributed by atoms with Gasteiger partial charge in [0.05, 0.1) is 13.1 Å². The van der Waals surface area contributed by atoms with Crippen LogP contribution in [0.15, 0.2) is 0 Å². The molecule has 1 rings (SSSR count). The van der Waals surface area contributed by atoms with E-state index in [4.69, 9.17) is 9.84 Å². The molecule has 1 aliphatic rings. The second-order valence-electron chi connectivity index (χ2n) is 9.79. The Bertz CT molecular complexity index is 762. The molecule has 36 heavy (non-hydrogen) atoms. The summed E-state index contributed by atoms with van der Waals surface area (Å²) in [6.45, 7) is 9.31. The lowest BCUT2D eigenvalue weighted by atomic mass is 10.1. The van der Waals surface area contributed by atoms with Crippen molar-refractivity contribution in [3.63, 3.8) is 0 Å². The van der Waals surface area contributed by atoms with Crippen molar-refractivity contribution in [2.24, 2.45) is 0 Å². The molecule has 0 aliphatic carbocycles. The lowest BCUT2D eigenvalue weighted by Gasteiger charge is -2.36. The SMILES string of the molecule is CCCCC(NC(=O)CN(CCN1CCN(C(=O)OC(C)(C)C)CC1)CC(=O)NCC(=O)O)C(=O)O. The molecule has 0 saturated carbocycles. The maximum absolute atomic E-state index is 12.5. The third kappa shape index (κ3) is 13.2. The predicted molar refractivity (Wildman–Crippen MR) is 130 cm³/mol. The van der Waals surface area contributed by atoms with E-state index in [-0.39, 0.29) is 19.2 Å². The summed E-state index contributed by atoms with van der Waals surface area (Å²) in [6, 6.07) is -1.01. The van der Waals surface area contributed by atoms with Crippen molar-refractivity contribution in [1.82, 2.24) is 25.3 Å². The molecule has 0 aromatic rings. The van der Waals surface area contributed by atoms with Crippen LogP contribution in [-0.2, 0) is 23.9 Å². The molecule has 3 amide bonds. The minimum Gasteiger partial charge on any atom is -0.480 e. The van der Waals surface area contributed by atoms with Crippen LogP contribution in [0.4, 0.5) is 4.79 Å². The van der Waals surface area contributed by atoms with E-state index in [1.807, 2.05) is 6.92 Å². The Morgan fingerprint density at radius 1 is 1.00 bits per heavy atom. The zero-order valence-electron chi connectivity index (χ0n) is 21.7. The number of carbonyl (C=O) groups excluding carboxylic acids is 3. The largest absolute Gasteiger partial charge is 0.480 e. The molecule has 0 aromatic carbocycles. The summed E-state index contributed by atoms with van der Waals surface area (Å²) >= 11 is 0. The van der Waals surface area contributed by atoms with E-state index in [9.17, 15) is 29.1 Å². The lowest BCUT2D eigenvalue weighted by molar-refractivity contribution is -0.142. The number of nitrogens with zero attached hydrogens (tertiary/aromatic N) is 3. The second-order valence-corrected chi connectivity index (χ2v) is 9.79. The van der Waals surface area contributed by atoms with Crippen LogP contribution in [0, 0.1) is 0 Å². The molecular weight excluding hydrogens is 474 g/mol. The first-order valence-corrected chi connectivity index (χ1v) is 12.2. The van der Waals surface area contributed by atoms with E-state index < -0.39 is 41.9 Å². The molecule has 1 saturated heterocycles. The van der Waals surface area contributed by atoms with Crippen LogP contribution in [0.5, 0.6) is 0 Å². The minimum absolute atomic E-state index is 0.214. The van der Waals surface area contributed by atoms with Crippen LogP contribution in [0.3, 0.4) is 0 Å². The maximum atomic E-state index is 12.5. The molecule has 1 heterocycles. The number of carboxylic acid groups (broad SMARTS) is 2. The summed E-state index contributed by atoms with van der Waals surface area (Å²) in [5, 5.41) is 22.9. The maximum Gasteiger partial charge on any atom is 0.410 e. The van der Waals surface area contributed by atoms with Crippen molar-refractivity contribution in [1.29, 1.82) is 0 Å². The average Bonchev–Trinajstić information content (AvgIpc) is 2.77. The fourth-order valence-electron chi connectivity index (χ4n) is 3.52. The third-order valence-corrected chi connectivity index (χ3v) is 5.41. The zero-order valence-corrected chi connectivity index (χ0v) is 21.7. The standard InChI is InChI=1S/C23H41N5O8/c1-5-6-7-17(21(33)34)25-19(30)16-27(15-18(29)24-14-20(31)32)9-8-26-10-12-28(13-11-26)22(35)36-23(2,3)4/h17H,5-16H2,1-4H3,(H,24,29)(H,25,30)(H,31,32)(H,33,34). The summed E-state index contributed by atoms with van der Waals surface area (Å²) in [7, 11) is 0. The van der Waals surface area contributed by atoms with Crippen molar-refractivity contribution in [3.8, 4) is 0 Å². The number of hydrogen-bond acceptors (Lipinski definition) is 8. The van der Waals surface area contributed by atoms with Crippen LogP contribution in [-0.4, -0.2) is 125 Å². The van der Waals surface area contributed by atoms with Crippen molar-refractivity contribution in [3.05, 3.63) is 0 Å². The van der Waals surface area contributed by atoms with Gasteiger partial charge in [0.25, 0.3) is 0 Å². The van der Waals surface area contributed by atoms with E-state index >= 15 is 0 Å². The van der Waals surface area contributed by atoms with Crippen LogP contribution < -0.4 is 10.6 Å². The van der Waals surface area contributed by atoms with E-state index in [0.717, 1.165) is 6.42 Å². The van der Waals surface area contributed by atoms with Gasteiger partial charge in [-0.2, -0.15) is 0 Å². The van der Waals surface area contributed by atoms with Gasteiger partial charge in [-0.1, -0.05) is 19.8 Å². The normalized spacial score (nSPS) is 15.3. The second kappa shape index (κ2) is 15.2. The fraction of sp³-hybridized carbons (Fsp3) is 0.783. The monoisotopic (exact) mass is 515 g/mol. The Morgan fingerprint density at radius 2 is 1.61 bits per heavy atom. The van der Waals surface area contributed by atoms with Crippen molar-refractivity contribution in [2.75, 3.05) is 58.9 Å². The van der Waals surface area contributed by atoms with Crippen LogP contribution in [0.25, 0.3) is 0 Å². The topological polar surface area (TPSA) is 169 Å². The number of unbranched alkanes of at least 4 members (excludes halogenated alkanes) is 1. The van der Waals surface area contributed by atoms with E-state index in [2.05, 4.69) is 15.5 Å². The average molecular weight is 516 g/mol. The third-order valence-electron chi connectivity index (χ3n) is 5.41. The highest BCUT2D eigenvalue weighted by Gasteiger charge is 2.27. The summed E-state index contributed by atoms with van der Waals surface area (Å²) < 4.78 is 5.40. The molecule has 4 N–H and O–H groups in total. The number of carbonyl (C=O) groups is 5. The van der Waals surface area contributed by atoms with Gasteiger partial charge in [0.15, 0.2) is 0 Å². The molecule has 0 spiro atoms. The Kier molecular flexibility index (Phi) is 13.2. The molecular formula is C23H41N5O8. The van der Waals surface area contributed by atoms with Crippen LogP contribution >= 0.6 is 0 Å². The minimum atomic E-state index is -1.18. The Balaban J connectivity index is 2.67. The first kappa shape index (κ1) is 31.1. The lowest BCUT2D eigenvalue weighted by Crippen LogP contribution is -2.53. The van der Waals surface area contributed by atoms with Crippen molar-refractivity contribution < 1.29 is 38.9 Å². The van der Waals surface area contributed by atoms with Crippen molar-refractivity contribution >= 4 is 29.8 Å². The smallest absolute Gasteiger partial charge is 0.410 e. The number of nitrogens with one attached hydrogen (secondary N) is 2. The molecule has 1 unspecified atom stereocenters. The molecule has 0 radical (unpaired) electrons. The van der Waals surface area contributed by atoms with Gasteiger partial charge in [-0.3, -0.25) is 24.2 Å². The first-order valence-electron chi connectivity index (χ1n) is 12.2. The number of carboxylic acids is 2. The number of piperazine rings is 1. The summed E-state index contributed by atoms with van der Waals surface area (Å²) in [4.78, 5) is 64.4. The highest BCUT2D eigenvalue weighted by Crippen LogP contribution is 2.12. The summed E-state index contributed by atoms with van der Waals surface area (Å²) in [5.74, 6) is -3.39. The van der Waals surface area contributed by atoms with Gasteiger partial charge in [0.2, 0.25) is 11.8 Å². The Hall–Kier alpha value is -2.93. The van der Waals surface area contributed by atoms with Gasteiger partial charge in [-0.15, -0.1) is 0 Å². The van der Waals surface area contributed by atoms with Crippen LogP contribution in [0.1, 0.15) is 47.0 Å². The molecule has 206 valence electrons. The van der Waals surface area contributed by atoms with E-state index in [1.54, 1.807) is 30.6 Å². The Labute approximate surface area is 212 Å². The van der Waals surface area contributed by atoms with Gasteiger partial charge >= 0.3 is 18.0 Å². The van der Waals surface area contributed by atoms with Gasteiger partial charge in [0, 0.05) is 39.3 Å². The number of rotatable bonds is 14. The summed E-state index contributed by atoms with van der Waals surface area (Å²) in [5.41, 5.74) is -0.577. The quantitative estimate of drug-likeness (QED) is 0.243. The van der Waals surface area contributed by atoms with E-state index in [0.29, 0.717) is 52.1 Å². The molecule has 0 bridgehead atoms. The molecule has 1 atom stereocenters. The Morgan fingerprint density at radius 3 is 2.14 bits per heavy atom. The number of aliphatic carboxylic acids is 2. The van der Waals surface area contributed by atoms with Gasteiger partial charge in [-0.05, 0) is 27.2 Å². The molecule has 1 aliphatic heterocycles. The van der Waals surface area contributed by atoms with Crippen LogP contribution in [0.2, 0.25) is 0 Å². The molecule has 13 nitrogen and oxygen atoms in total. The molecule has 13 heteroatoms.